The van der Waals surface area contributed by atoms with Crippen LogP contribution in [0.15, 0.2) is 23.8 Å². The van der Waals surface area contributed by atoms with E-state index in [-0.39, 0.29) is 22.9 Å². The molecule has 0 spiro atoms. The van der Waals surface area contributed by atoms with E-state index >= 15 is 0 Å². The molecule has 1 aliphatic rings. The van der Waals surface area contributed by atoms with Gasteiger partial charge in [0.2, 0.25) is 0 Å². The van der Waals surface area contributed by atoms with Gasteiger partial charge in [0.05, 0.1) is 0 Å². The molecule has 0 radical (unpaired) electrons. The fraction of sp³-hybridized carbons (Fsp3) is 0.600. The lowest BCUT2D eigenvalue weighted by molar-refractivity contribution is -0.119. The van der Waals surface area contributed by atoms with Gasteiger partial charge >= 0.3 is 0 Å². The molecule has 2 heteroatoms. The lowest BCUT2D eigenvalue weighted by atomic mass is 9.89. The molecular formula is C15H22O2. The minimum absolute atomic E-state index is 0.0215. The van der Waals surface area contributed by atoms with E-state index in [1.807, 2.05) is 39.8 Å². The van der Waals surface area contributed by atoms with Gasteiger partial charge in [0.1, 0.15) is 0 Å². The van der Waals surface area contributed by atoms with E-state index in [9.17, 15) is 9.59 Å². The largest absolute Gasteiger partial charge is 0.295 e. The molecule has 0 N–H and O–H groups in total. The van der Waals surface area contributed by atoms with Crippen LogP contribution in [0.4, 0.5) is 0 Å². The van der Waals surface area contributed by atoms with Crippen LogP contribution >= 0.6 is 0 Å². The Morgan fingerprint density at radius 3 is 2.59 bits per heavy atom. The van der Waals surface area contributed by atoms with E-state index in [1.54, 1.807) is 6.08 Å². The highest BCUT2D eigenvalue weighted by molar-refractivity contribution is 5.95. The molecule has 0 aromatic heterocycles. The van der Waals surface area contributed by atoms with E-state index in [0.717, 1.165) is 18.4 Å². The summed E-state index contributed by atoms with van der Waals surface area (Å²) in [5, 5.41) is 0. The van der Waals surface area contributed by atoms with Crippen LogP contribution in [0.1, 0.15) is 47.0 Å². The average molecular weight is 234 g/mol. The molecular weight excluding hydrogens is 212 g/mol. The van der Waals surface area contributed by atoms with Crippen molar-refractivity contribution in [2.75, 3.05) is 0 Å². The van der Waals surface area contributed by atoms with Gasteiger partial charge in [0.15, 0.2) is 11.6 Å². The van der Waals surface area contributed by atoms with Gasteiger partial charge in [-0.25, -0.2) is 0 Å². The van der Waals surface area contributed by atoms with Crippen LogP contribution in [0, 0.1) is 11.3 Å². The first-order valence-corrected chi connectivity index (χ1v) is 6.27. The Bertz CT molecular complexity index is 370. The number of carbonyl (C=O) groups is 2. The van der Waals surface area contributed by atoms with Crippen molar-refractivity contribution in [2.24, 2.45) is 11.3 Å². The van der Waals surface area contributed by atoms with E-state index in [1.165, 1.54) is 0 Å². The quantitative estimate of drug-likeness (QED) is 0.643. The van der Waals surface area contributed by atoms with Gasteiger partial charge < -0.3 is 0 Å². The summed E-state index contributed by atoms with van der Waals surface area (Å²) in [7, 11) is 0. The second-order valence-electron chi connectivity index (χ2n) is 5.60. The second-order valence-corrected chi connectivity index (χ2v) is 5.60. The number of hydrogen-bond donors (Lipinski definition) is 0. The predicted octanol–water partition coefficient (Wildman–Crippen LogP) is 3.47. The Hall–Kier alpha value is -1.18. The molecule has 0 aliphatic heterocycles. The standard InChI is InChI=1S/C15H22O2/c1-11-6-5-7-13(16)12(2)10-15(3,4)9-8-14(11)17/h8-11H,5-7H2,1-4H3/b9-8+,12-10+. The molecule has 0 saturated heterocycles. The normalized spacial score (nSPS) is 31.3. The minimum Gasteiger partial charge on any atom is -0.295 e. The molecule has 0 saturated carbocycles. The lowest BCUT2D eigenvalue weighted by Crippen LogP contribution is -2.09. The van der Waals surface area contributed by atoms with Crippen molar-refractivity contribution < 1.29 is 9.59 Å². The van der Waals surface area contributed by atoms with Gasteiger partial charge in [-0.1, -0.05) is 32.9 Å². The summed E-state index contributed by atoms with van der Waals surface area (Å²) in [4.78, 5) is 23.6. The van der Waals surface area contributed by atoms with E-state index in [4.69, 9.17) is 0 Å². The fourth-order valence-corrected chi connectivity index (χ4v) is 2.06. The molecule has 0 aromatic rings. The third kappa shape index (κ3) is 4.29. The van der Waals surface area contributed by atoms with Gasteiger partial charge in [0, 0.05) is 17.8 Å². The Morgan fingerprint density at radius 1 is 1.29 bits per heavy atom. The van der Waals surface area contributed by atoms with Crippen molar-refractivity contribution in [1.29, 1.82) is 0 Å². The number of ketones is 2. The minimum atomic E-state index is -0.237. The van der Waals surface area contributed by atoms with Gasteiger partial charge in [-0.2, -0.15) is 0 Å². The van der Waals surface area contributed by atoms with Crippen LogP contribution in [0.2, 0.25) is 0 Å². The molecule has 0 amide bonds. The van der Waals surface area contributed by atoms with E-state index in [0.29, 0.717) is 6.42 Å². The Labute approximate surface area is 104 Å². The third-order valence-electron chi connectivity index (χ3n) is 3.23. The maximum absolute atomic E-state index is 11.8. The monoisotopic (exact) mass is 234 g/mol. The highest BCUT2D eigenvalue weighted by Crippen LogP contribution is 2.24. The van der Waals surface area contributed by atoms with Crippen molar-refractivity contribution >= 4 is 11.6 Å². The van der Waals surface area contributed by atoms with Crippen LogP contribution < -0.4 is 0 Å². The zero-order valence-electron chi connectivity index (χ0n) is 11.2. The van der Waals surface area contributed by atoms with Crippen molar-refractivity contribution in [1.82, 2.24) is 0 Å². The van der Waals surface area contributed by atoms with Crippen LogP contribution in [0.25, 0.3) is 0 Å². The number of carbonyl (C=O) groups excluding carboxylic acids is 2. The summed E-state index contributed by atoms with van der Waals surface area (Å²) >= 11 is 0. The van der Waals surface area contributed by atoms with Crippen LogP contribution in [0.5, 0.6) is 0 Å². The van der Waals surface area contributed by atoms with E-state index < -0.39 is 0 Å². The molecule has 94 valence electrons. The maximum Gasteiger partial charge on any atom is 0.158 e. The Balaban J connectivity index is 3.00. The first-order chi connectivity index (χ1) is 7.82. The molecule has 0 aromatic carbocycles. The van der Waals surface area contributed by atoms with Crippen molar-refractivity contribution in [3.63, 3.8) is 0 Å². The molecule has 1 rings (SSSR count). The van der Waals surface area contributed by atoms with Crippen LogP contribution in [0.3, 0.4) is 0 Å². The first kappa shape index (κ1) is 13.9. The highest BCUT2D eigenvalue weighted by atomic mass is 16.1. The molecule has 17 heavy (non-hydrogen) atoms. The number of Topliss-reactive ketones (excluding diaryl/α,β-unsaturated/α-hetero) is 1. The van der Waals surface area contributed by atoms with Crippen LogP contribution in [-0.4, -0.2) is 11.6 Å². The fourth-order valence-electron chi connectivity index (χ4n) is 2.06. The summed E-state index contributed by atoms with van der Waals surface area (Å²) in [5.74, 6) is 0.389. The van der Waals surface area contributed by atoms with Crippen molar-refractivity contribution in [3.8, 4) is 0 Å². The molecule has 0 fully saturated rings. The number of rotatable bonds is 0. The first-order valence-electron chi connectivity index (χ1n) is 6.27. The van der Waals surface area contributed by atoms with Crippen molar-refractivity contribution in [3.05, 3.63) is 23.8 Å². The molecule has 0 bridgehead atoms. The van der Waals surface area contributed by atoms with E-state index in [2.05, 4.69) is 0 Å². The maximum atomic E-state index is 11.8. The summed E-state index contributed by atoms with van der Waals surface area (Å²) in [6.45, 7) is 7.82. The second kappa shape index (κ2) is 5.44. The summed E-state index contributed by atoms with van der Waals surface area (Å²) < 4.78 is 0. The Morgan fingerprint density at radius 2 is 1.94 bits per heavy atom. The molecule has 2 nitrogen and oxygen atoms in total. The smallest absolute Gasteiger partial charge is 0.158 e. The lowest BCUT2D eigenvalue weighted by Gasteiger charge is -2.16. The van der Waals surface area contributed by atoms with Gasteiger partial charge in [0.25, 0.3) is 0 Å². The van der Waals surface area contributed by atoms with Gasteiger partial charge in [-0.05, 0) is 31.4 Å². The molecule has 1 atom stereocenters. The number of allylic oxidation sites excluding steroid dienone is 4. The molecule has 1 unspecified atom stereocenters. The summed E-state index contributed by atoms with van der Waals surface area (Å²) in [5.41, 5.74) is 0.570. The molecule has 0 heterocycles. The Kier molecular flexibility index (Phi) is 4.44. The average Bonchev–Trinajstić information content (AvgIpc) is 2.24. The zero-order chi connectivity index (χ0) is 13.1. The summed E-state index contributed by atoms with van der Waals surface area (Å²) in [6.07, 6.45) is 7.66. The van der Waals surface area contributed by atoms with Crippen LogP contribution in [-0.2, 0) is 9.59 Å². The zero-order valence-corrected chi connectivity index (χ0v) is 11.2. The third-order valence-corrected chi connectivity index (χ3v) is 3.23. The predicted molar refractivity (Wildman–Crippen MR) is 69.7 cm³/mol. The topological polar surface area (TPSA) is 34.1 Å². The van der Waals surface area contributed by atoms with Crippen molar-refractivity contribution in [2.45, 2.75) is 47.0 Å². The van der Waals surface area contributed by atoms with Gasteiger partial charge in [-0.3, -0.25) is 9.59 Å². The number of hydrogen-bond acceptors (Lipinski definition) is 2. The summed E-state index contributed by atoms with van der Waals surface area (Å²) in [6, 6.07) is 0. The highest BCUT2D eigenvalue weighted by Gasteiger charge is 2.18. The van der Waals surface area contributed by atoms with Gasteiger partial charge in [-0.15, -0.1) is 0 Å². The SMILES string of the molecule is C/C1=C\C(C)(C)/C=C/C(=O)C(C)CCCC1=O. The molecule has 1 aliphatic carbocycles.